The Morgan fingerprint density at radius 2 is 1.05 bits per heavy atom. The van der Waals surface area contributed by atoms with Crippen LogP contribution in [0.2, 0.25) is 0 Å². The van der Waals surface area contributed by atoms with Gasteiger partial charge in [0.2, 0.25) is 6.71 Å². The van der Waals surface area contributed by atoms with Crippen LogP contribution in [0.25, 0.3) is 0 Å². The molecule has 0 aliphatic carbocycles. The Kier molecular flexibility index (Phi) is 7.28. The highest BCUT2D eigenvalue weighted by molar-refractivity contribution is 8.00. The van der Waals surface area contributed by atoms with Crippen LogP contribution in [-0.2, 0) is 0 Å². The minimum Gasteiger partial charge on any atom is -0.310 e. The maximum Gasteiger partial charge on any atom is 0.246 e. The van der Waals surface area contributed by atoms with Gasteiger partial charge < -0.3 is 9.80 Å². The Bertz CT molecular complexity index is 2780. The second-order valence-electron chi connectivity index (χ2n) is 14.3. The van der Waals surface area contributed by atoms with Crippen molar-refractivity contribution in [3.63, 3.8) is 0 Å². The molecule has 0 saturated heterocycles. The van der Waals surface area contributed by atoms with Gasteiger partial charge in [0.05, 0.1) is 33.6 Å². The van der Waals surface area contributed by atoms with Gasteiger partial charge in [-0.25, -0.2) is 0 Å². The van der Waals surface area contributed by atoms with Crippen LogP contribution in [0, 0.1) is 11.3 Å². The summed E-state index contributed by atoms with van der Waals surface area (Å²) in [5, 5.41) is 15.4. The van der Waals surface area contributed by atoms with E-state index in [1.165, 1.54) is 58.3 Å². The fourth-order valence-corrected chi connectivity index (χ4v) is 15.9. The summed E-state index contributed by atoms with van der Waals surface area (Å²) in [5.41, 5.74) is 11.7. The summed E-state index contributed by atoms with van der Waals surface area (Å²) >= 11 is 1.87. The van der Waals surface area contributed by atoms with Crippen molar-refractivity contribution in [2.45, 2.75) is 9.79 Å². The molecule has 0 amide bonds. The first-order chi connectivity index (χ1) is 27.3. The average Bonchev–Trinajstić information content (AvgIpc) is 3.26. The Morgan fingerprint density at radius 3 is 1.75 bits per heavy atom. The van der Waals surface area contributed by atoms with Gasteiger partial charge in [0, 0.05) is 22.0 Å². The maximum atomic E-state index is 9.79. The smallest absolute Gasteiger partial charge is 0.246 e. The summed E-state index contributed by atoms with van der Waals surface area (Å²) in [7, 11) is -2.99. The SMILES string of the molecule is N#Cc1ccc(N2c3ccccc3Sc3c2cc2c4c3N(c3ccccc3)c3ccccc3B4c3ccccc3[Si]2(c2ccccc2)c2ccccc2)cc1. The lowest BCUT2D eigenvalue weighted by atomic mass is 9.34. The van der Waals surface area contributed by atoms with E-state index in [9.17, 15) is 5.26 Å². The third kappa shape index (κ3) is 4.58. The van der Waals surface area contributed by atoms with Crippen molar-refractivity contribution in [2.24, 2.45) is 0 Å². The Hall–Kier alpha value is -6.52. The van der Waals surface area contributed by atoms with Crippen molar-refractivity contribution in [3.8, 4) is 6.07 Å². The third-order valence-electron chi connectivity index (χ3n) is 11.6. The molecular weight excluding hydrogens is 702 g/mol. The van der Waals surface area contributed by atoms with Crippen LogP contribution in [0.3, 0.4) is 0 Å². The number of fused-ring (bicyclic) bond motifs is 7. The van der Waals surface area contributed by atoms with Gasteiger partial charge >= 0.3 is 0 Å². The van der Waals surface area contributed by atoms with E-state index >= 15 is 0 Å². The Labute approximate surface area is 326 Å². The second-order valence-corrected chi connectivity index (χ2v) is 19.1. The first kappa shape index (κ1) is 32.0. The molecule has 0 spiro atoms. The molecule has 0 N–H and O–H groups in total. The van der Waals surface area contributed by atoms with Crippen molar-refractivity contribution in [2.75, 3.05) is 9.80 Å². The molecule has 8 aromatic rings. The molecule has 0 unspecified atom stereocenters. The van der Waals surface area contributed by atoms with E-state index < -0.39 is 8.07 Å². The summed E-state index contributed by atoms with van der Waals surface area (Å²) in [6, 6.07) is 73.6. The molecule has 0 atom stereocenters. The van der Waals surface area contributed by atoms with Crippen LogP contribution in [0.15, 0.2) is 204 Å². The normalized spacial score (nSPS) is 14.1. The highest BCUT2D eigenvalue weighted by Gasteiger charge is 2.54. The van der Waals surface area contributed by atoms with E-state index in [4.69, 9.17) is 0 Å². The van der Waals surface area contributed by atoms with Gasteiger partial charge in [-0.05, 0) is 92.3 Å². The average molecular weight is 734 g/mol. The van der Waals surface area contributed by atoms with Crippen LogP contribution in [0.1, 0.15) is 5.56 Å². The fraction of sp³-hybridized carbons (Fsp3) is 0. The van der Waals surface area contributed by atoms with Crippen molar-refractivity contribution in [3.05, 3.63) is 200 Å². The van der Waals surface area contributed by atoms with Crippen LogP contribution in [0.5, 0.6) is 0 Å². The predicted molar refractivity (Wildman–Crippen MR) is 233 cm³/mol. The molecule has 0 aromatic heterocycles. The summed E-state index contributed by atoms with van der Waals surface area (Å²) in [6.07, 6.45) is 0. The zero-order valence-corrected chi connectivity index (χ0v) is 31.6. The zero-order valence-electron chi connectivity index (χ0n) is 29.8. The molecule has 3 heterocycles. The molecule has 3 nitrogen and oxygen atoms in total. The largest absolute Gasteiger partial charge is 0.310 e. The molecule has 256 valence electrons. The van der Waals surface area contributed by atoms with E-state index in [0.717, 1.165) is 22.7 Å². The van der Waals surface area contributed by atoms with E-state index in [-0.39, 0.29) is 6.71 Å². The van der Waals surface area contributed by atoms with Crippen LogP contribution in [0.4, 0.5) is 34.1 Å². The molecule has 0 bridgehead atoms. The van der Waals surface area contributed by atoms with Crippen molar-refractivity contribution < 1.29 is 0 Å². The van der Waals surface area contributed by atoms with Crippen LogP contribution in [-0.4, -0.2) is 14.8 Å². The first-order valence-corrected chi connectivity index (χ1v) is 21.5. The molecule has 8 aromatic carbocycles. The Balaban J connectivity index is 1.36. The van der Waals surface area contributed by atoms with Gasteiger partial charge in [-0.15, -0.1) is 0 Å². The van der Waals surface area contributed by atoms with Crippen LogP contribution < -0.4 is 46.9 Å². The maximum absolute atomic E-state index is 9.79. The number of rotatable bonds is 4. The lowest BCUT2D eigenvalue weighted by molar-refractivity contribution is 1.15. The number of para-hydroxylation sites is 3. The summed E-state index contributed by atoms with van der Waals surface area (Å²) in [4.78, 5) is 7.41. The highest BCUT2D eigenvalue weighted by Crippen LogP contribution is 2.56. The second kappa shape index (κ2) is 12.5. The first-order valence-electron chi connectivity index (χ1n) is 18.7. The number of nitrogens with zero attached hydrogens (tertiary/aromatic N) is 3. The standard InChI is InChI=1S/C49H32BN3SSi/c51-33-34-28-30-36(31-29-34)52-42-25-13-14-26-44(42)54-49-43(52)32-46-47-48(49)53(35-16-4-1-5-17-35)41-24-12-10-22-39(41)50(47)40-23-11-15-27-45(40)55(46,37-18-6-2-7-19-37)38-20-8-3-9-21-38/h1-32H. The summed E-state index contributed by atoms with van der Waals surface area (Å²) in [5.74, 6) is 0. The highest BCUT2D eigenvalue weighted by atomic mass is 32.2. The lowest BCUT2D eigenvalue weighted by Gasteiger charge is -2.49. The van der Waals surface area contributed by atoms with E-state index in [1.54, 1.807) is 0 Å². The molecule has 0 radical (unpaired) electrons. The molecule has 55 heavy (non-hydrogen) atoms. The number of nitriles is 1. The molecule has 11 rings (SSSR count). The quantitative estimate of drug-likeness (QED) is 0.176. The van der Waals surface area contributed by atoms with Crippen molar-refractivity contribution in [1.82, 2.24) is 0 Å². The predicted octanol–water partition coefficient (Wildman–Crippen LogP) is 7.48. The number of anilines is 6. The number of hydrogen-bond acceptors (Lipinski definition) is 4. The Morgan fingerprint density at radius 1 is 0.491 bits per heavy atom. The minimum atomic E-state index is -2.99. The minimum absolute atomic E-state index is 0.0387. The molecule has 6 heteroatoms. The van der Waals surface area contributed by atoms with Gasteiger partial charge in [-0.1, -0.05) is 151 Å². The van der Waals surface area contributed by atoms with Gasteiger partial charge in [-0.3, -0.25) is 0 Å². The van der Waals surface area contributed by atoms with Crippen molar-refractivity contribution >= 4 is 97.8 Å². The number of benzene rings is 8. The molecule has 3 aliphatic heterocycles. The fourth-order valence-electron chi connectivity index (χ4n) is 9.45. The number of hydrogen-bond donors (Lipinski definition) is 0. The van der Waals surface area contributed by atoms with Gasteiger partial charge in [0.1, 0.15) is 0 Å². The monoisotopic (exact) mass is 733 g/mol. The van der Waals surface area contributed by atoms with Gasteiger partial charge in [-0.2, -0.15) is 5.26 Å². The topological polar surface area (TPSA) is 30.3 Å². The summed E-state index contributed by atoms with van der Waals surface area (Å²) < 4.78 is 0. The molecule has 0 fully saturated rings. The van der Waals surface area contributed by atoms with Gasteiger partial charge in [0.15, 0.2) is 8.07 Å². The molecule has 0 saturated carbocycles. The van der Waals surface area contributed by atoms with E-state index in [1.807, 2.05) is 23.9 Å². The zero-order chi connectivity index (χ0) is 36.5. The lowest BCUT2D eigenvalue weighted by Crippen LogP contribution is -2.87. The van der Waals surface area contributed by atoms with Gasteiger partial charge in [0.25, 0.3) is 0 Å². The summed E-state index contributed by atoms with van der Waals surface area (Å²) in [6.45, 7) is 0.0387. The van der Waals surface area contributed by atoms with E-state index in [2.05, 4.69) is 198 Å². The van der Waals surface area contributed by atoms with Crippen LogP contribution >= 0.6 is 11.8 Å². The van der Waals surface area contributed by atoms with E-state index in [0.29, 0.717) is 5.56 Å². The van der Waals surface area contributed by atoms with Crippen molar-refractivity contribution in [1.29, 1.82) is 5.26 Å². The molecule has 3 aliphatic rings. The molecular formula is C49H32BN3SSi. The third-order valence-corrected chi connectivity index (χ3v) is 17.7.